The first kappa shape index (κ1) is 22.1. The van der Waals surface area contributed by atoms with E-state index in [1.54, 1.807) is 42.5 Å². The maximum atomic E-state index is 14.6. The summed E-state index contributed by atoms with van der Waals surface area (Å²) in [5, 5.41) is 25.5. The van der Waals surface area contributed by atoms with E-state index in [0.717, 1.165) is 5.56 Å². The summed E-state index contributed by atoms with van der Waals surface area (Å²) in [4.78, 5) is 12.8. The number of hydrogen-bond acceptors (Lipinski definition) is 7. The molecule has 0 saturated heterocycles. The average molecular weight is 489 g/mol. The fourth-order valence-electron chi connectivity index (χ4n) is 3.41. The molecule has 172 valence electrons. The summed E-state index contributed by atoms with van der Waals surface area (Å²) in [6.45, 7) is 0.217. The number of furan rings is 1. The van der Waals surface area contributed by atoms with E-state index in [2.05, 4.69) is 25.9 Å². The fourth-order valence-corrected chi connectivity index (χ4v) is 3.64. The number of H-pyrrole nitrogens is 1. The van der Waals surface area contributed by atoms with Crippen LogP contribution < -0.4 is 10.1 Å². The zero-order valence-corrected chi connectivity index (χ0v) is 18.5. The van der Waals surface area contributed by atoms with Crippen molar-refractivity contribution >= 4 is 34.2 Å². The molecule has 0 unspecified atom stereocenters. The molecule has 5 rings (SSSR count). The SMILES string of the molecule is N#Cc1ccc(COc2ccc(NC(=O)c3coc4cc(-c5nnn[nH]5)c(F)cc34)cc2)c(Cl)c1. The smallest absolute Gasteiger partial charge is 0.259 e. The Labute approximate surface area is 202 Å². The molecule has 0 aliphatic carbocycles. The number of carbonyl (C=O) groups is 1. The van der Waals surface area contributed by atoms with Gasteiger partial charge in [0.1, 0.15) is 30.0 Å². The maximum absolute atomic E-state index is 14.6. The van der Waals surface area contributed by atoms with Crippen molar-refractivity contribution in [1.82, 2.24) is 20.6 Å². The predicted octanol–water partition coefficient (Wildman–Crippen LogP) is 5.11. The van der Waals surface area contributed by atoms with Gasteiger partial charge in [-0.1, -0.05) is 17.7 Å². The molecule has 0 aliphatic rings. The fraction of sp³-hybridized carbons (Fsp3) is 0.0417. The predicted molar refractivity (Wildman–Crippen MR) is 124 cm³/mol. The van der Waals surface area contributed by atoms with Crippen LogP contribution in [0.5, 0.6) is 5.75 Å². The normalized spacial score (nSPS) is 10.8. The largest absolute Gasteiger partial charge is 0.489 e. The second-order valence-corrected chi connectivity index (χ2v) is 7.82. The first-order valence-electron chi connectivity index (χ1n) is 10.2. The molecule has 0 spiro atoms. The van der Waals surface area contributed by atoms with Crippen LogP contribution in [0.3, 0.4) is 0 Å². The molecule has 0 radical (unpaired) electrons. The molecule has 2 heterocycles. The number of nitriles is 1. The van der Waals surface area contributed by atoms with Gasteiger partial charge in [-0.2, -0.15) is 5.26 Å². The minimum atomic E-state index is -0.602. The lowest BCUT2D eigenvalue weighted by molar-refractivity contribution is 0.102. The highest BCUT2D eigenvalue weighted by atomic mass is 35.5. The Bertz CT molecular complexity index is 1580. The van der Waals surface area contributed by atoms with Gasteiger partial charge in [-0.05, 0) is 59.0 Å². The van der Waals surface area contributed by atoms with Crippen LogP contribution in [0.1, 0.15) is 21.5 Å². The van der Waals surface area contributed by atoms with Crippen LogP contribution in [0.15, 0.2) is 65.3 Å². The number of hydrogen-bond donors (Lipinski definition) is 2. The van der Waals surface area contributed by atoms with Gasteiger partial charge in [-0.25, -0.2) is 9.49 Å². The van der Waals surface area contributed by atoms with Crippen molar-refractivity contribution < 1.29 is 18.3 Å². The Kier molecular flexibility index (Phi) is 5.83. The number of benzene rings is 3. The van der Waals surface area contributed by atoms with Crippen LogP contribution in [0, 0.1) is 17.1 Å². The zero-order chi connectivity index (χ0) is 24.4. The van der Waals surface area contributed by atoms with E-state index in [-0.39, 0.29) is 23.6 Å². The van der Waals surface area contributed by atoms with Gasteiger partial charge in [0.25, 0.3) is 5.91 Å². The van der Waals surface area contributed by atoms with E-state index >= 15 is 0 Å². The molecule has 11 heteroatoms. The third-order valence-corrected chi connectivity index (χ3v) is 5.55. The number of rotatable bonds is 6. The highest BCUT2D eigenvalue weighted by Crippen LogP contribution is 2.29. The molecule has 2 N–H and O–H groups in total. The molecule has 35 heavy (non-hydrogen) atoms. The van der Waals surface area contributed by atoms with Gasteiger partial charge >= 0.3 is 0 Å². The van der Waals surface area contributed by atoms with E-state index in [1.807, 2.05) is 6.07 Å². The van der Waals surface area contributed by atoms with Gasteiger partial charge in [0.05, 0.1) is 22.8 Å². The van der Waals surface area contributed by atoms with Crippen molar-refractivity contribution in [2.75, 3.05) is 5.32 Å². The van der Waals surface area contributed by atoms with Gasteiger partial charge in [0.2, 0.25) is 0 Å². The number of halogens is 2. The van der Waals surface area contributed by atoms with E-state index in [0.29, 0.717) is 33.0 Å². The molecule has 0 aliphatic heterocycles. The van der Waals surface area contributed by atoms with Gasteiger partial charge in [0, 0.05) is 21.7 Å². The van der Waals surface area contributed by atoms with E-state index in [1.165, 1.54) is 18.4 Å². The molecular weight excluding hydrogens is 475 g/mol. The lowest BCUT2D eigenvalue weighted by atomic mass is 10.1. The standard InChI is InChI=1S/C24H14ClFN6O3/c25-20-7-13(10-27)1-2-14(20)11-34-16-5-3-15(4-6-16)28-24(33)19-12-35-22-9-18(21(26)8-17(19)22)23-29-31-32-30-23/h1-9,12H,11H2,(H,28,33)(H,29,30,31,32). The van der Waals surface area contributed by atoms with E-state index in [9.17, 15) is 9.18 Å². The van der Waals surface area contributed by atoms with Gasteiger partial charge in [0.15, 0.2) is 5.82 Å². The van der Waals surface area contributed by atoms with E-state index < -0.39 is 11.7 Å². The molecule has 3 aromatic carbocycles. The van der Waals surface area contributed by atoms with Crippen LogP contribution in [0.25, 0.3) is 22.4 Å². The molecule has 0 fully saturated rings. The monoisotopic (exact) mass is 488 g/mol. The van der Waals surface area contributed by atoms with Crippen LogP contribution in [-0.4, -0.2) is 26.5 Å². The zero-order valence-electron chi connectivity index (χ0n) is 17.8. The van der Waals surface area contributed by atoms with E-state index in [4.69, 9.17) is 26.0 Å². The first-order chi connectivity index (χ1) is 17.0. The molecule has 9 nitrogen and oxygen atoms in total. The molecule has 2 aromatic heterocycles. The van der Waals surface area contributed by atoms with Crippen molar-refractivity contribution in [3.05, 3.63) is 88.4 Å². The minimum absolute atomic E-state index is 0.127. The summed E-state index contributed by atoms with van der Waals surface area (Å²) in [5.74, 6) is -0.352. The van der Waals surface area contributed by atoms with Crippen LogP contribution in [-0.2, 0) is 6.61 Å². The Morgan fingerprint density at radius 2 is 2.03 bits per heavy atom. The Morgan fingerprint density at radius 1 is 1.20 bits per heavy atom. The first-order valence-corrected chi connectivity index (χ1v) is 10.6. The van der Waals surface area contributed by atoms with Crippen molar-refractivity contribution in [1.29, 1.82) is 5.26 Å². The summed E-state index contributed by atoms with van der Waals surface area (Å²) in [6, 6.07) is 16.4. The van der Waals surface area contributed by atoms with Crippen molar-refractivity contribution in [2.45, 2.75) is 6.61 Å². The van der Waals surface area contributed by atoms with Gasteiger partial charge in [-0.3, -0.25) is 4.79 Å². The molecular formula is C24H14ClFN6O3. The van der Waals surface area contributed by atoms with Crippen LogP contribution in [0.4, 0.5) is 10.1 Å². The van der Waals surface area contributed by atoms with Gasteiger partial charge < -0.3 is 14.5 Å². The number of aromatic amines is 1. The summed E-state index contributed by atoms with van der Waals surface area (Å²) in [5.41, 5.74) is 2.34. The van der Waals surface area contributed by atoms with Crippen molar-refractivity contribution in [3.8, 4) is 23.2 Å². The third kappa shape index (κ3) is 4.53. The van der Waals surface area contributed by atoms with Gasteiger partial charge in [-0.15, -0.1) is 5.10 Å². The number of nitrogens with one attached hydrogen (secondary N) is 2. The quantitative estimate of drug-likeness (QED) is 0.339. The summed E-state index contributed by atoms with van der Waals surface area (Å²) < 4.78 is 25.8. The molecule has 1 amide bonds. The number of fused-ring (bicyclic) bond motifs is 1. The number of anilines is 1. The highest BCUT2D eigenvalue weighted by molar-refractivity contribution is 6.31. The summed E-state index contributed by atoms with van der Waals surface area (Å²) >= 11 is 6.17. The highest BCUT2D eigenvalue weighted by Gasteiger charge is 2.19. The number of amides is 1. The van der Waals surface area contributed by atoms with Crippen LogP contribution in [0.2, 0.25) is 5.02 Å². The average Bonchev–Trinajstić information content (AvgIpc) is 3.53. The third-order valence-electron chi connectivity index (χ3n) is 5.20. The number of ether oxygens (including phenoxy) is 1. The number of aromatic nitrogens is 4. The Hall–Kier alpha value is -4.75. The molecule has 5 aromatic rings. The lowest BCUT2D eigenvalue weighted by Crippen LogP contribution is -2.11. The molecule has 0 atom stereocenters. The Morgan fingerprint density at radius 3 is 2.74 bits per heavy atom. The molecule has 0 bridgehead atoms. The summed E-state index contributed by atoms with van der Waals surface area (Å²) in [6.07, 6.45) is 1.26. The van der Waals surface area contributed by atoms with Crippen LogP contribution >= 0.6 is 11.6 Å². The number of carbonyl (C=O) groups excluding carboxylic acids is 1. The number of nitrogens with zero attached hydrogens (tertiary/aromatic N) is 4. The van der Waals surface area contributed by atoms with Crippen molar-refractivity contribution in [3.63, 3.8) is 0 Å². The molecule has 0 saturated carbocycles. The lowest BCUT2D eigenvalue weighted by Gasteiger charge is -2.09. The second kappa shape index (κ2) is 9.24. The second-order valence-electron chi connectivity index (χ2n) is 7.41. The topological polar surface area (TPSA) is 130 Å². The maximum Gasteiger partial charge on any atom is 0.259 e. The summed E-state index contributed by atoms with van der Waals surface area (Å²) in [7, 11) is 0. The number of tetrazole rings is 1. The minimum Gasteiger partial charge on any atom is -0.489 e. The van der Waals surface area contributed by atoms with Crippen molar-refractivity contribution in [2.24, 2.45) is 0 Å². The Balaban J connectivity index is 1.27.